The van der Waals surface area contributed by atoms with Crippen LogP contribution in [0.1, 0.15) is 24.2 Å². The van der Waals surface area contributed by atoms with Crippen molar-refractivity contribution in [1.82, 2.24) is 24.7 Å². The average molecular weight is 530 g/mol. The number of nitrogens with zero attached hydrogens (tertiary/aromatic N) is 5. The zero-order chi connectivity index (χ0) is 21.6. The fraction of sp³-hybridized carbons (Fsp3) is 0.273. The van der Waals surface area contributed by atoms with Gasteiger partial charge >= 0.3 is 0 Å². The van der Waals surface area contributed by atoms with Crippen LogP contribution in [0.4, 0.5) is 4.39 Å². The van der Waals surface area contributed by atoms with Crippen molar-refractivity contribution in [3.8, 4) is 17.1 Å². The van der Waals surface area contributed by atoms with Crippen molar-refractivity contribution >= 4 is 33.5 Å². The zero-order valence-electron chi connectivity index (χ0n) is 16.5. The van der Waals surface area contributed by atoms with Crippen LogP contribution >= 0.6 is 22.6 Å². The number of pyridine rings is 1. The van der Waals surface area contributed by atoms with E-state index in [1.807, 2.05) is 18.2 Å². The lowest BCUT2D eigenvalue weighted by Crippen LogP contribution is -2.47. The van der Waals surface area contributed by atoms with E-state index in [0.29, 0.717) is 35.7 Å². The maximum atomic E-state index is 13.1. The highest BCUT2D eigenvalue weighted by molar-refractivity contribution is 14.1. The number of hydrogen-bond acceptors (Lipinski definition) is 6. The zero-order valence-corrected chi connectivity index (χ0v) is 18.6. The second-order valence-corrected chi connectivity index (χ2v) is 9.62. The average Bonchev–Trinajstić information content (AvgIpc) is 3.20. The lowest BCUT2D eigenvalue weighted by molar-refractivity contribution is 0.0265. The van der Waals surface area contributed by atoms with Crippen LogP contribution in [0.25, 0.3) is 28.0 Å². The van der Waals surface area contributed by atoms with E-state index < -0.39 is 10.2 Å². The number of aliphatic hydroxyl groups is 1. The van der Waals surface area contributed by atoms with E-state index in [1.54, 1.807) is 41.5 Å². The largest absolute Gasteiger partial charge is 0.393 e. The molecule has 1 unspecified atom stereocenters. The lowest BCUT2D eigenvalue weighted by Gasteiger charge is -2.41. The Balaban J connectivity index is 1.54. The Hall–Kier alpha value is -2.50. The molecule has 0 radical (unpaired) electrons. The summed E-state index contributed by atoms with van der Waals surface area (Å²) in [5.41, 5.74) is 10.0. The molecule has 1 aliphatic carbocycles. The van der Waals surface area contributed by atoms with E-state index in [9.17, 15) is 9.50 Å². The van der Waals surface area contributed by atoms with Gasteiger partial charge in [0.25, 0.3) is 0 Å². The number of halogens is 2. The van der Waals surface area contributed by atoms with Crippen molar-refractivity contribution in [2.45, 2.75) is 29.2 Å². The summed E-state index contributed by atoms with van der Waals surface area (Å²) in [7, 11) is 0. The van der Waals surface area contributed by atoms with Gasteiger partial charge in [0.15, 0.2) is 5.82 Å². The van der Waals surface area contributed by atoms with E-state index in [2.05, 4.69) is 37.7 Å². The summed E-state index contributed by atoms with van der Waals surface area (Å²) in [6.07, 6.45) is 6.20. The Kier molecular flexibility index (Phi) is 5.19. The van der Waals surface area contributed by atoms with Crippen molar-refractivity contribution < 1.29 is 9.50 Å². The smallest absolute Gasteiger partial charge is 0.154 e. The summed E-state index contributed by atoms with van der Waals surface area (Å²) in [5, 5.41) is 15.0. The highest BCUT2D eigenvalue weighted by Gasteiger charge is 2.43. The van der Waals surface area contributed by atoms with E-state index in [1.165, 1.54) is 0 Å². The first-order chi connectivity index (χ1) is 15.0. The number of alkyl halides is 2. The van der Waals surface area contributed by atoms with Crippen LogP contribution in [0.3, 0.4) is 0 Å². The van der Waals surface area contributed by atoms with Crippen LogP contribution in [0.5, 0.6) is 0 Å². The normalized spacial score (nSPS) is 20.4. The van der Waals surface area contributed by atoms with Crippen LogP contribution in [-0.2, 0) is 10.2 Å². The Morgan fingerprint density at radius 1 is 1.16 bits per heavy atom. The van der Waals surface area contributed by atoms with Crippen LogP contribution in [0, 0.1) is 5.92 Å². The maximum absolute atomic E-state index is 13.1. The molecule has 31 heavy (non-hydrogen) atoms. The Labute approximate surface area is 191 Å². The molecular weight excluding hydrogens is 510 g/mol. The molecule has 0 amide bonds. The molecule has 1 atom stereocenters. The van der Waals surface area contributed by atoms with E-state index in [4.69, 9.17) is 10.7 Å². The Morgan fingerprint density at radius 2 is 2.00 bits per heavy atom. The molecule has 3 N–H and O–H groups in total. The first-order valence-corrected chi connectivity index (χ1v) is 11.0. The molecule has 1 fully saturated rings. The number of hydrogen-bond donors (Lipinski definition) is 2. The quantitative estimate of drug-likeness (QED) is 0.232. The molecular formula is C22H20FIN6O. The van der Waals surface area contributed by atoms with Crippen molar-refractivity contribution in [2.75, 3.05) is 0 Å². The van der Waals surface area contributed by atoms with Gasteiger partial charge < -0.3 is 10.8 Å². The third-order valence-corrected chi connectivity index (χ3v) is 7.18. The maximum Gasteiger partial charge on any atom is 0.154 e. The van der Waals surface area contributed by atoms with Gasteiger partial charge in [-0.05, 0) is 37.0 Å². The molecule has 9 heteroatoms. The standard InChI is InChI=1S/C22H20FIN6O/c23-9-16-2-1-3-21(28-16)30-19-6-13(4-5-14(19)10-27-30)18-11-26-12-20(29-18)22(24,25)15-7-17(31)8-15/h1-6,10-12,15,17,31H,7-9,25H2. The second kappa shape index (κ2) is 7.88. The van der Waals surface area contributed by atoms with Crippen molar-refractivity contribution in [2.24, 2.45) is 11.7 Å². The lowest BCUT2D eigenvalue weighted by atomic mass is 9.76. The molecule has 4 aromatic rings. The fourth-order valence-electron chi connectivity index (χ4n) is 3.85. The third kappa shape index (κ3) is 3.70. The van der Waals surface area contributed by atoms with Crippen LogP contribution in [0.2, 0.25) is 0 Å². The number of rotatable bonds is 5. The fourth-order valence-corrected chi connectivity index (χ4v) is 4.62. The summed E-state index contributed by atoms with van der Waals surface area (Å²) < 4.78 is 14.1. The van der Waals surface area contributed by atoms with Gasteiger partial charge in [0, 0.05) is 10.9 Å². The van der Waals surface area contributed by atoms with Crippen LogP contribution < -0.4 is 5.73 Å². The molecule has 1 aliphatic rings. The van der Waals surface area contributed by atoms with E-state index in [-0.39, 0.29) is 12.0 Å². The van der Waals surface area contributed by atoms with Crippen molar-refractivity contribution in [3.63, 3.8) is 0 Å². The Bertz CT molecular complexity index is 1250. The summed E-state index contributed by atoms with van der Waals surface area (Å²) >= 11 is 2.21. The number of aliphatic hydroxyl groups excluding tert-OH is 1. The molecule has 3 heterocycles. The van der Waals surface area contributed by atoms with Gasteiger partial charge in [-0.3, -0.25) is 4.98 Å². The monoisotopic (exact) mass is 530 g/mol. The minimum atomic E-state index is -0.692. The SMILES string of the molecule is NC(I)(c1cncc(-c2ccc3cnn(-c4cccc(CF)n4)c3c2)n1)C1CC(O)C1. The van der Waals surface area contributed by atoms with Gasteiger partial charge in [-0.2, -0.15) is 5.10 Å². The molecule has 7 nitrogen and oxygen atoms in total. The van der Waals surface area contributed by atoms with Crippen molar-refractivity contribution in [3.05, 3.63) is 66.4 Å². The molecule has 0 aliphatic heterocycles. The second-order valence-electron chi connectivity index (χ2n) is 7.83. The molecule has 1 saturated carbocycles. The minimum Gasteiger partial charge on any atom is -0.393 e. The molecule has 0 bridgehead atoms. The summed E-state index contributed by atoms with van der Waals surface area (Å²) in [4.78, 5) is 13.5. The van der Waals surface area contributed by atoms with Gasteiger partial charge in [-0.1, -0.05) is 40.8 Å². The van der Waals surface area contributed by atoms with Gasteiger partial charge in [0.2, 0.25) is 0 Å². The number of fused-ring (bicyclic) bond motifs is 1. The van der Waals surface area contributed by atoms with E-state index >= 15 is 0 Å². The third-order valence-electron chi connectivity index (χ3n) is 5.75. The molecule has 1 aromatic carbocycles. The minimum absolute atomic E-state index is 0.158. The van der Waals surface area contributed by atoms with Gasteiger partial charge in [-0.25, -0.2) is 19.0 Å². The predicted molar refractivity (Wildman–Crippen MR) is 123 cm³/mol. The number of benzene rings is 1. The molecule has 0 spiro atoms. The summed E-state index contributed by atoms with van der Waals surface area (Å²) in [6, 6.07) is 11.1. The summed E-state index contributed by atoms with van der Waals surface area (Å²) in [6.45, 7) is -0.629. The van der Waals surface area contributed by atoms with Crippen molar-refractivity contribution in [1.29, 1.82) is 0 Å². The van der Waals surface area contributed by atoms with Crippen LogP contribution in [0.15, 0.2) is 55.0 Å². The van der Waals surface area contributed by atoms with Crippen LogP contribution in [-0.4, -0.2) is 35.9 Å². The van der Waals surface area contributed by atoms with E-state index in [0.717, 1.165) is 16.5 Å². The van der Waals surface area contributed by atoms with Gasteiger partial charge in [0.1, 0.15) is 10.2 Å². The Morgan fingerprint density at radius 3 is 2.77 bits per heavy atom. The highest BCUT2D eigenvalue weighted by atomic mass is 127. The number of nitrogens with two attached hydrogens (primary N) is 1. The molecule has 0 saturated heterocycles. The van der Waals surface area contributed by atoms with Gasteiger partial charge in [-0.15, -0.1) is 0 Å². The molecule has 158 valence electrons. The molecule has 3 aromatic heterocycles. The molecule has 5 rings (SSSR count). The summed E-state index contributed by atoms with van der Waals surface area (Å²) in [5.74, 6) is 0.712. The first kappa shape index (κ1) is 20.4. The predicted octanol–water partition coefficient (Wildman–Crippen LogP) is 3.66. The number of aromatic nitrogens is 5. The van der Waals surface area contributed by atoms with Gasteiger partial charge in [0.05, 0.1) is 47.3 Å². The topological polar surface area (TPSA) is 103 Å². The first-order valence-electron chi connectivity index (χ1n) is 9.94. The highest BCUT2D eigenvalue weighted by Crippen LogP contribution is 2.44.